The van der Waals surface area contributed by atoms with Crippen molar-refractivity contribution in [1.29, 1.82) is 0 Å². The van der Waals surface area contributed by atoms with Crippen LogP contribution in [0.3, 0.4) is 0 Å². The second kappa shape index (κ2) is 4.35. The summed E-state index contributed by atoms with van der Waals surface area (Å²) in [5.74, 6) is 0.931. The number of benzene rings is 1. The molecule has 1 aromatic carbocycles. The Hall–Kier alpha value is -2.33. The first-order valence-corrected chi connectivity index (χ1v) is 6.69. The summed E-state index contributed by atoms with van der Waals surface area (Å²) in [5, 5.41) is 14.9. The van der Waals surface area contributed by atoms with E-state index < -0.39 is 6.10 Å². The normalized spacial score (nSPS) is 15.1. The molecule has 0 spiro atoms. The standard InChI is InChI=1S/C16H14N2O2/c19-16(12-4-5-15-11(9-12)6-8-20-15)13-10-17-18-7-2-1-3-14(13)18/h1-5,7,9-10,16,19H,6,8H2. The van der Waals surface area contributed by atoms with Crippen LogP contribution < -0.4 is 4.74 Å². The lowest BCUT2D eigenvalue weighted by Gasteiger charge is -2.11. The predicted molar refractivity (Wildman–Crippen MR) is 74.9 cm³/mol. The molecule has 1 unspecified atom stereocenters. The van der Waals surface area contributed by atoms with Gasteiger partial charge in [-0.15, -0.1) is 0 Å². The Morgan fingerprint density at radius 3 is 3.15 bits per heavy atom. The molecule has 4 heteroatoms. The minimum atomic E-state index is -0.666. The molecule has 0 amide bonds. The topological polar surface area (TPSA) is 46.8 Å². The Morgan fingerprint density at radius 1 is 1.25 bits per heavy atom. The molecule has 1 aliphatic rings. The van der Waals surface area contributed by atoms with Crippen LogP contribution in [0.5, 0.6) is 5.75 Å². The minimum Gasteiger partial charge on any atom is -0.493 e. The number of fused-ring (bicyclic) bond motifs is 2. The van der Waals surface area contributed by atoms with Crippen molar-refractivity contribution in [2.75, 3.05) is 6.61 Å². The summed E-state index contributed by atoms with van der Waals surface area (Å²) in [5.41, 5.74) is 3.80. The van der Waals surface area contributed by atoms with Gasteiger partial charge in [0.1, 0.15) is 11.9 Å². The van der Waals surface area contributed by atoms with Gasteiger partial charge in [-0.2, -0.15) is 5.10 Å². The first-order valence-electron chi connectivity index (χ1n) is 6.69. The first kappa shape index (κ1) is 11.5. The quantitative estimate of drug-likeness (QED) is 0.774. The molecule has 4 nitrogen and oxygen atoms in total. The van der Waals surface area contributed by atoms with Crippen molar-refractivity contribution in [1.82, 2.24) is 9.61 Å². The number of aromatic nitrogens is 2. The van der Waals surface area contributed by atoms with Gasteiger partial charge in [0.2, 0.25) is 0 Å². The zero-order valence-corrected chi connectivity index (χ0v) is 10.9. The molecule has 100 valence electrons. The molecule has 0 bridgehead atoms. The van der Waals surface area contributed by atoms with Crippen molar-refractivity contribution in [3.63, 3.8) is 0 Å². The summed E-state index contributed by atoms with van der Waals surface area (Å²) >= 11 is 0. The Morgan fingerprint density at radius 2 is 2.20 bits per heavy atom. The van der Waals surface area contributed by atoms with Crippen LogP contribution in [0.1, 0.15) is 22.8 Å². The van der Waals surface area contributed by atoms with Crippen LogP contribution in [0, 0.1) is 0 Å². The van der Waals surface area contributed by atoms with Crippen molar-refractivity contribution in [3.8, 4) is 5.75 Å². The minimum absolute atomic E-state index is 0.666. The molecule has 1 aliphatic heterocycles. The van der Waals surface area contributed by atoms with Gasteiger partial charge < -0.3 is 9.84 Å². The summed E-state index contributed by atoms with van der Waals surface area (Å²) in [6.07, 6.45) is 3.84. The highest BCUT2D eigenvalue weighted by Crippen LogP contribution is 2.31. The average molecular weight is 266 g/mol. The molecule has 1 N–H and O–H groups in total. The number of hydrogen-bond donors (Lipinski definition) is 1. The van der Waals surface area contributed by atoms with Crippen molar-refractivity contribution >= 4 is 5.52 Å². The number of aliphatic hydroxyl groups excluding tert-OH is 1. The maximum absolute atomic E-state index is 10.6. The zero-order chi connectivity index (χ0) is 13.5. The van der Waals surface area contributed by atoms with Crippen molar-refractivity contribution < 1.29 is 9.84 Å². The highest BCUT2D eigenvalue weighted by atomic mass is 16.5. The fourth-order valence-electron chi connectivity index (χ4n) is 2.72. The zero-order valence-electron chi connectivity index (χ0n) is 10.9. The Kier molecular flexibility index (Phi) is 2.50. The van der Waals surface area contributed by atoms with Crippen molar-refractivity contribution in [2.45, 2.75) is 12.5 Å². The number of ether oxygens (including phenoxy) is 1. The third-order valence-electron chi connectivity index (χ3n) is 3.78. The monoisotopic (exact) mass is 266 g/mol. The summed E-state index contributed by atoms with van der Waals surface area (Å²) in [6, 6.07) is 11.7. The van der Waals surface area contributed by atoms with Gasteiger partial charge in [-0.3, -0.25) is 0 Å². The van der Waals surface area contributed by atoms with Gasteiger partial charge in [0.25, 0.3) is 0 Å². The number of aliphatic hydroxyl groups is 1. The number of hydrogen-bond acceptors (Lipinski definition) is 3. The van der Waals surface area contributed by atoms with Crippen LogP contribution in [-0.2, 0) is 6.42 Å². The smallest absolute Gasteiger partial charge is 0.122 e. The van der Waals surface area contributed by atoms with E-state index >= 15 is 0 Å². The van der Waals surface area contributed by atoms with Gasteiger partial charge in [-0.25, -0.2) is 4.52 Å². The van der Waals surface area contributed by atoms with Crippen molar-refractivity contribution in [3.05, 3.63) is 65.5 Å². The van der Waals surface area contributed by atoms with E-state index in [1.165, 1.54) is 0 Å². The Bertz CT molecular complexity index is 779. The third kappa shape index (κ3) is 1.69. The fourth-order valence-corrected chi connectivity index (χ4v) is 2.72. The molecule has 20 heavy (non-hydrogen) atoms. The van der Waals surface area contributed by atoms with Crippen LogP contribution >= 0.6 is 0 Å². The van der Waals surface area contributed by atoms with Crippen LogP contribution in [0.15, 0.2) is 48.8 Å². The Balaban J connectivity index is 1.78. The summed E-state index contributed by atoms with van der Waals surface area (Å²) in [7, 11) is 0. The summed E-state index contributed by atoms with van der Waals surface area (Å²) < 4.78 is 7.27. The maximum Gasteiger partial charge on any atom is 0.122 e. The molecule has 0 aliphatic carbocycles. The van der Waals surface area contributed by atoms with Gasteiger partial charge in [-0.1, -0.05) is 12.1 Å². The molecule has 4 rings (SSSR count). The van der Waals surface area contributed by atoms with E-state index in [-0.39, 0.29) is 0 Å². The van der Waals surface area contributed by atoms with Gasteiger partial charge in [0.15, 0.2) is 0 Å². The summed E-state index contributed by atoms with van der Waals surface area (Å²) in [6.45, 7) is 0.728. The Labute approximate surface area is 116 Å². The molecule has 0 saturated heterocycles. The predicted octanol–water partition coefficient (Wildman–Crippen LogP) is 2.35. The van der Waals surface area contributed by atoms with E-state index in [0.29, 0.717) is 0 Å². The van der Waals surface area contributed by atoms with Crippen molar-refractivity contribution in [2.24, 2.45) is 0 Å². The van der Waals surface area contributed by atoms with Gasteiger partial charge in [0, 0.05) is 18.2 Å². The molecule has 0 radical (unpaired) electrons. The molecule has 3 heterocycles. The van der Waals surface area contributed by atoms with Gasteiger partial charge in [-0.05, 0) is 35.4 Å². The molecule has 2 aromatic heterocycles. The van der Waals surface area contributed by atoms with Crippen LogP contribution in [0.25, 0.3) is 5.52 Å². The number of rotatable bonds is 2. The third-order valence-corrected chi connectivity index (χ3v) is 3.78. The summed E-state index contributed by atoms with van der Waals surface area (Å²) in [4.78, 5) is 0. The SMILES string of the molecule is OC(c1ccc2c(c1)CCO2)c1cnn2ccccc12. The molecule has 1 atom stereocenters. The lowest BCUT2D eigenvalue weighted by Crippen LogP contribution is -1.99. The number of nitrogens with zero attached hydrogens (tertiary/aromatic N) is 2. The highest BCUT2D eigenvalue weighted by Gasteiger charge is 2.19. The van der Waals surface area contributed by atoms with Crippen LogP contribution in [-0.4, -0.2) is 21.3 Å². The molecule has 0 saturated carbocycles. The second-order valence-corrected chi connectivity index (χ2v) is 5.00. The fraction of sp³-hybridized carbons (Fsp3) is 0.188. The lowest BCUT2D eigenvalue weighted by molar-refractivity contribution is 0.221. The van der Waals surface area contributed by atoms with E-state index in [1.807, 2.05) is 42.6 Å². The van der Waals surface area contributed by atoms with E-state index in [1.54, 1.807) is 10.7 Å². The molecule has 0 fully saturated rings. The van der Waals surface area contributed by atoms with E-state index in [2.05, 4.69) is 5.10 Å². The second-order valence-electron chi connectivity index (χ2n) is 5.00. The van der Waals surface area contributed by atoms with Gasteiger partial charge >= 0.3 is 0 Å². The number of pyridine rings is 1. The average Bonchev–Trinajstić information content (AvgIpc) is 3.12. The largest absolute Gasteiger partial charge is 0.493 e. The maximum atomic E-state index is 10.6. The van der Waals surface area contributed by atoms with Crippen LogP contribution in [0.4, 0.5) is 0 Å². The van der Waals surface area contributed by atoms with E-state index in [4.69, 9.17) is 4.74 Å². The molecule has 3 aromatic rings. The van der Waals surface area contributed by atoms with E-state index in [9.17, 15) is 5.11 Å². The molecular formula is C16H14N2O2. The first-order chi connectivity index (χ1) is 9.83. The van der Waals surface area contributed by atoms with E-state index in [0.717, 1.165) is 41.0 Å². The molecular weight excluding hydrogens is 252 g/mol. The van der Waals surface area contributed by atoms with Crippen LogP contribution in [0.2, 0.25) is 0 Å². The van der Waals surface area contributed by atoms with Gasteiger partial charge in [0.05, 0.1) is 18.3 Å². The lowest BCUT2D eigenvalue weighted by atomic mass is 10.00. The highest BCUT2D eigenvalue weighted by molar-refractivity contribution is 5.57.